The van der Waals surface area contributed by atoms with E-state index in [0.29, 0.717) is 55.0 Å². The van der Waals surface area contributed by atoms with E-state index < -0.39 is 29.8 Å². The predicted octanol–water partition coefficient (Wildman–Crippen LogP) is 5.02. The molecule has 7 rings (SSSR count). The number of nitrogens with zero attached hydrogens (tertiary/aromatic N) is 7. The maximum atomic E-state index is 13.3. The molecule has 0 spiro atoms. The monoisotopic (exact) mass is 627 g/mol. The molecule has 1 unspecified atom stereocenters. The molecule has 1 saturated carbocycles. The van der Waals surface area contributed by atoms with Crippen LogP contribution < -0.4 is 10.2 Å². The molecule has 15 heteroatoms. The van der Waals surface area contributed by atoms with Crippen LogP contribution in [-0.4, -0.2) is 92.0 Å². The first-order valence-electron chi connectivity index (χ1n) is 14.7. The number of hydrogen-bond donors (Lipinski definition) is 2. The van der Waals surface area contributed by atoms with E-state index in [1.165, 1.54) is 6.33 Å². The van der Waals surface area contributed by atoms with Gasteiger partial charge in [0.05, 0.1) is 22.6 Å². The minimum Gasteiger partial charge on any atom is -0.355 e. The Labute approximate surface area is 254 Å². The third kappa shape index (κ3) is 5.88. The smallest absolute Gasteiger partial charge is 0.355 e. The first-order chi connectivity index (χ1) is 21.4. The van der Waals surface area contributed by atoms with Crippen molar-refractivity contribution in [3.05, 3.63) is 54.5 Å². The van der Waals surface area contributed by atoms with Crippen molar-refractivity contribution in [2.24, 2.45) is 11.8 Å². The molecule has 0 radical (unpaired) electrons. The lowest BCUT2D eigenvalue weighted by atomic mass is 9.99. The molecular weight excluding hydrogens is 597 g/mol. The highest BCUT2D eigenvalue weighted by Gasteiger charge is 2.62. The average molecular weight is 628 g/mol. The summed E-state index contributed by atoms with van der Waals surface area (Å²) in [5, 5.41) is 3.21. The largest absolute Gasteiger partial charge is 0.395 e. The number of nitrogens with one attached hydrogen (secondary N) is 2. The van der Waals surface area contributed by atoms with Crippen LogP contribution in [0.2, 0.25) is 0 Å². The van der Waals surface area contributed by atoms with Gasteiger partial charge in [0, 0.05) is 69.6 Å². The third-order valence-electron chi connectivity index (χ3n) is 8.91. The van der Waals surface area contributed by atoms with E-state index in [9.17, 15) is 26.7 Å². The van der Waals surface area contributed by atoms with E-state index in [4.69, 9.17) is 0 Å². The average Bonchev–Trinajstić information content (AvgIpc) is 3.44. The van der Waals surface area contributed by atoms with Gasteiger partial charge in [-0.25, -0.2) is 28.7 Å². The van der Waals surface area contributed by atoms with Crippen molar-refractivity contribution in [3.63, 3.8) is 0 Å². The maximum absolute atomic E-state index is 13.3. The van der Waals surface area contributed by atoms with Crippen LogP contribution in [0, 0.1) is 11.8 Å². The van der Waals surface area contributed by atoms with Gasteiger partial charge in [0.15, 0.2) is 0 Å². The molecule has 3 aromatic heterocycles. The minimum absolute atomic E-state index is 0.0137. The second-order valence-corrected chi connectivity index (χ2v) is 11.9. The Bertz CT molecular complexity index is 1730. The summed E-state index contributed by atoms with van der Waals surface area (Å²) in [6, 6.07) is 11.1. The molecule has 1 aliphatic carbocycles. The molecule has 1 amide bonds. The molecular formula is C30H30F5N9O. The standard InChI is InChI=1S/C30H30F5N9O/c1-17(42-6-8-43(9-7-42)27(45)21-13-29(21,31)32)18-4-5-36-25(11-18)41-28-39-22-3-2-19(10-24(22)40-28)23-12-26(38-16-37-23)44-14-20(15-44)30(33,34)35/h2-5,10-12,16-17,20-21H,6-9,13-15H2,1H3,(H2,36,39,40,41)/t17?,21-/m0/s1. The van der Waals surface area contributed by atoms with Gasteiger partial charge in [0.2, 0.25) is 11.9 Å². The molecule has 2 N–H and O–H groups in total. The Hall–Kier alpha value is -4.40. The zero-order valence-electron chi connectivity index (χ0n) is 24.2. The number of carbonyl (C=O) groups excluding carboxylic acids is 1. The first kappa shape index (κ1) is 29.3. The molecule has 3 aliphatic rings. The van der Waals surface area contributed by atoms with Crippen molar-refractivity contribution in [1.29, 1.82) is 0 Å². The third-order valence-corrected chi connectivity index (χ3v) is 8.91. The van der Waals surface area contributed by atoms with Crippen molar-refractivity contribution in [2.75, 3.05) is 49.5 Å². The number of hydrogen-bond acceptors (Lipinski definition) is 8. The van der Waals surface area contributed by atoms with Crippen LogP contribution in [-0.2, 0) is 4.79 Å². The molecule has 2 atom stereocenters. The van der Waals surface area contributed by atoms with E-state index in [1.807, 2.05) is 30.3 Å². The Morgan fingerprint density at radius 1 is 1.04 bits per heavy atom. The number of fused-ring (bicyclic) bond motifs is 1. The van der Waals surface area contributed by atoms with Crippen molar-refractivity contribution in [3.8, 4) is 11.3 Å². The zero-order valence-corrected chi connectivity index (χ0v) is 24.2. The topological polar surface area (TPSA) is 106 Å². The number of amides is 1. The number of aromatic nitrogens is 5. The lowest BCUT2D eigenvalue weighted by Gasteiger charge is -2.40. The van der Waals surface area contributed by atoms with Crippen LogP contribution in [0.25, 0.3) is 22.3 Å². The highest BCUT2D eigenvalue weighted by atomic mass is 19.4. The maximum Gasteiger partial charge on any atom is 0.395 e. The molecule has 0 bridgehead atoms. The van der Waals surface area contributed by atoms with Gasteiger partial charge in [0.25, 0.3) is 5.92 Å². The molecule has 2 aliphatic heterocycles. The number of alkyl halides is 5. The quantitative estimate of drug-likeness (QED) is 0.276. The van der Waals surface area contributed by atoms with Crippen LogP contribution in [0.1, 0.15) is 24.9 Å². The van der Waals surface area contributed by atoms with Crippen molar-refractivity contribution >= 4 is 34.5 Å². The van der Waals surface area contributed by atoms with Gasteiger partial charge in [-0.05, 0) is 36.8 Å². The molecule has 1 aromatic carbocycles. The van der Waals surface area contributed by atoms with E-state index in [1.54, 1.807) is 22.1 Å². The van der Waals surface area contributed by atoms with Gasteiger partial charge >= 0.3 is 6.18 Å². The van der Waals surface area contributed by atoms with Crippen LogP contribution in [0.15, 0.2) is 48.9 Å². The number of halogens is 5. The summed E-state index contributed by atoms with van der Waals surface area (Å²) in [5.74, 6) is -4.30. The fraction of sp³-hybridized carbons (Fsp3) is 0.433. The van der Waals surface area contributed by atoms with Gasteiger partial charge in [-0.1, -0.05) is 6.07 Å². The Morgan fingerprint density at radius 2 is 1.80 bits per heavy atom. The van der Waals surface area contributed by atoms with E-state index in [2.05, 4.69) is 42.1 Å². The number of H-pyrrole nitrogens is 1. The summed E-state index contributed by atoms with van der Waals surface area (Å²) in [4.78, 5) is 38.4. The molecule has 2 saturated heterocycles. The highest BCUT2D eigenvalue weighted by molar-refractivity contribution is 5.84. The van der Waals surface area contributed by atoms with E-state index in [0.717, 1.165) is 16.6 Å². The van der Waals surface area contributed by atoms with E-state index in [-0.39, 0.29) is 25.6 Å². The number of anilines is 3. The number of benzene rings is 1. The summed E-state index contributed by atoms with van der Waals surface area (Å²) < 4.78 is 65.5. The Balaban J connectivity index is 0.996. The Morgan fingerprint density at radius 3 is 2.51 bits per heavy atom. The van der Waals surface area contributed by atoms with Crippen LogP contribution >= 0.6 is 0 Å². The van der Waals surface area contributed by atoms with Gasteiger partial charge in [-0.3, -0.25) is 9.69 Å². The summed E-state index contributed by atoms with van der Waals surface area (Å²) in [6.45, 7) is 3.82. The molecule has 5 heterocycles. The number of piperazine rings is 1. The second-order valence-electron chi connectivity index (χ2n) is 11.9. The van der Waals surface area contributed by atoms with Gasteiger partial charge in [-0.15, -0.1) is 0 Å². The second kappa shape index (κ2) is 10.9. The van der Waals surface area contributed by atoms with Crippen LogP contribution in [0.4, 0.5) is 39.5 Å². The number of rotatable bonds is 7. The van der Waals surface area contributed by atoms with Gasteiger partial charge in [-0.2, -0.15) is 13.2 Å². The number of pyridine rings is 1. The first-order valence-corrected chi connectivity index (χ1v) is 14.7. The lowest BCUT2D eigenvalue weighted by Crippen LogP contribution is -2.53. The SMILES string of the molecule is CC(c1ccnc(Nc2nc3ccc(-c4cc(N5CC(C(F)(F)F)C5)ncn4)cc3[nH]2)c1)N1CCN(C(=O)[C@@H]2CC2(F)F)CC1. The molecule has 45 heavy (non-hydrogen) atoms. The fourth-order valence-corrected chi connectivity index (χ4v) is 5.92. The number of aromatic amines is 1. The predicted molar refractivity (Wildman–Crippen MR) is 156 cm³/mol. The molecule has 236 valence electrons. The van der Waals surface area contributed by atoms with Gasteiger partial charge in [0.1, 0.15) is 23.9 Å². The normalized spacial score (nSPS) is 21.1. The van der Waals surface area contributed by atoms with Crippen LogP contribution in [0.5, 0.6) is 0 Å². The number of imidazole rings is 1. The fourth-order valence-electron chi connectivity index (χ4n) is 5.92. The van der Waals surface area contributed by atoms with E-state index >= 15 is 0 Å². The van der Waals surface area contributed by atoms with Crippen LogP contribution in [0.3, 0.4) is 0 Å². The van der Waals surface area contributed by atoms with Crippen molar-refractivity contribution < 1.29 is 26.7 Å². The molecule has 4 aromatic rings. The van der Waals surface area contributed by atoms with Crippen molar-refractivity contribution in [1.82, 2.24) is 34.7 Å². The summed E-state index contributed by atoms with van der Waals surface area (Å²) in [6.07, 6.45) is -1.50. The highest BCUT2D eigenvalue weighted by Crippen LogP contribution is 2.49. The summed E-state index contributed by atoms with van der Waals surface area (Å²) in [7, 11) is 0. The summed E-state index contributed by atoms with van der Waals surface area (Å²) in [5.41, 5.74) is 3.78. The Kier molecular flexibility index (Phi) is 7.10. The minimum atomic E-state index is -4.21. The summed E-state index contributed by atoms with van der Waals surface area (Å²) >= 11 is 0. The van der Waals surface area contributed by atoms with Crippen molar-refractivity contribution in [2.45, 2.75) is 31.5 Å². The molecule has 3 fully saturated rings. The van der Waals surface area contributed by atoms with Gasteiger partial charge < -0.3 is 20.1 Å². The lowest BCUT2D eigenvalue weighted by molar-refractivity contribution is -0.180. The zero-order chi connectivity index (χ0) is 31.5. The number of carbonyl (C=O) groups is 1. The molecule has 10 nitrogen and oxygen atoms in total.